The fourth-order valence-corrected chi connectivity index (χ4v) is 1.83. The van der Waals surface area contributed by atoms with E-state index in [0.717, 1.165) is 0 Å². The molecule has 0 amide bonds. The topological polar surface area (TPSA) is 34.9 Å². The third kappa shape index (κ3) is 2.59. The molecule has 1 aromatic carbocycles. The van der Waals surface area contributed by atoms with Gasteiger partial charge in [0.25, 0.3) is 0 Å². The number of hydrogen-bond donors (Lipinski definition) is 0. The van der Waals surface area contributed by atoms with Crippen LogP contribution in [0.2, 0.25) is 5.02 Å². The predicted octanol–water partition coefficient (Wildman–Crippen LogP) is 3.32. The van der Waals surface area contributed by atoms with Gasteiger partial charge >= 0.3 is 0 Å². The molecule has 0 aliphatic carbocycles. The van der Waals surface area contributed by atoms with E-state index in [1.165, 1.54) is 12.3 Å². The van der Waals surface area contributed by atoms with Crippen LogP contribution in [0.4, 0.5) is 4.39 Å². The zero-order chi connectivity index (χ0) is 13.1. The number of aromatic nitrogens is 2. The van der Waals surface area contributed by atoms with E-state index in [0.29, 0.717) is 24.1 Å². The lowest BCUT2D eigenvalue weighted by Crippen LogP contribution is -2.02. The summed E-state index contributed by atoms with van der Waals surface area (Å²) in [5.41, 5.74) is 1.19. The SMILES string of the molecule is CCC(=O)c1cnn(Cc2cccc(F)c2Cl)c1. The lowest BCUT2D eigenvalue weighted by atomic mass is 10.2. The number of benzene rings is 1. The third-order valence-electron chi connectivity index (χ3n) is 2.64. The highest BCUT2D eigenvalue weighted by Gasteiger charge is 2.09. The molecular weight excluding hydrogens is 255 g/mol. The predicted molar refractivity (Wildman–Crippen MR) is 67.4 cm³/mol. The molecule has 2 rings (SSSR count). The molecule has 0 spiro atoms. The lowest BCUT2D eigenvalue weighted by molar-refractivity contribution is 0.0988. The second-order valence-electron chi connectivity index (χ2n) is 3.92. The normalized spacial score (nSPS) is 10.6. The summed E-state index contributed by atoms with van der Waals surface area (Å²) in [6.07, 6.45) is 3.60. The largest absolute Gasteiger partial charge is 0.294 e. The molecule has 0 fully saturated rings. The van der Waals surface area contributed by atoms with E-state index in [4.69, 9.17) is 11.6 Å². The van der Waals surface area contributed by atoms with Crippen LogP contribution in [0.1, 0.15) is 29.3 Å². The standard InChI is InChI=1S/C13H12ClFN2O/c1-2-12(18)10-6-16-17(8-10)7-9-4-3-5-11(15)13(9)14/h3-6,8H,2,7H2,1H3. The third-order valence-corrected chi connectivity index (χ3v) is 3.06. The summed E-state index contributed by atoms with van der Waals surface area (Å²) in [6, 6.07) is 4.63. The molecule has 0 unspecified atom stereocenters. The van der Waals surface area contributed by atoms with E-state index in [1.807, 2.05) is 0 Å². The number of nitrogens with zero attached hydrogens (tertiary/aromatic N) is 2. The summed E-state index contributed by atoms with van der Waals surface area (Å²) in [5.74, 6) is -0.419. The molecule has 94 valence electrons. The second kappa shape index (κ2) is 5.31. The van der Waals surface area contributed by atoms with Crippen LogP contribution >= 0.6 is 11.6 Å². The zero-order valence-electron chi connectivity index (χ0n) is 9.86. The van der Waals surface area contributed by atoms with Gasteiger partial charge in [-0.25, -0.2) is 4.39 Å². The minimum absolute atomic E-state index is 0.0339. The smallest absolute Gasteiger partial charge is 0.165 e. The van der Waals surface area contributed by atoms with Crippen molar-refractivity contribution in [1.82, 2.24) is 9.78 Å². The molecule has 2 aromatic rings. The first kappa shape index (κ1) is 12.8. The Balaban J connectivity index is 2.21. The average Bonchev–Trinajstić information content (AvgIpc) is 2.82. The van der Waals surface area contributed by atoms with Gasteiger partial charge in [0, 0.05) is 12.6 Å². The van der Waals surface area contributed by atoms with Gasteiger partial charge in [0.05, 0.1) is 23.3 Å². The molecular formula is C13H12ClFN2O. The molecule has 18 heavy (non-hydrogen) atoms. The molecule has 0 bridgehead atoms. The van der Waals surface area contributed by atoms with Crippen molar-refractivity contribution in [1.29, 1.82) is 0 Å². The molecule has 0 aliphatic heterocycles. The Bertz CT molecular complexity index is 580. The molecule has 1 aromatic heterocycles. The van der Waals surface area contributed by atoms with E-state index in [1.54, 1.807) is 29.9 Å². The van der Waals surface area contributed by atoms with Crippen LogP contribution in [0.25, 0.3) is 0 Å². The first-order valence-corrected chi connectivity index (χ1v) is 5.98. The summed E-state index contributed by atoms with van der Waals surface area (Å²) >= 11 is 5.86. The van der Waals surface area contributed by atoms with E-state index in [2.05, 4.69) is 5.10 Å². The highest BCUT2D eigenvalue weighted by molar-refractivity contribution is 6.31. The van der Waals surface area contributed by atoms with Crippen LogP contribution in [0.15, 0.2) is 30.6 Å². The second-order valence-corrected chi connectivity index (χ2v) is 4.29. The van der Waals surface area contributed by atoms with Crippen molar-refractivity contribution in [3.8, 4) is 0 Å². The van der Waals surface area contributed by atoms with E-state index in [9.17, 15) is 9.18 Å². The maximum absolute atomic E-state index is 13.3. The Morgan fingerprint density at radius 3 is 3.00 bits per heavy atom. The fourth-order valence-electron chi connectivity index (χ4n) is 1.64. The number of hydrogen-bond acceptors (Lipinski definition) is 2. The summed E-state index contributed by atoms with van der Waals surface area (Å²) in [5, 5.41) is 4.16. The number of carbonyl (C=O) groups excluding carboxylic acids is 1. The van der Waals surface area contributed by atoms with Crippen LogP contribution in [-0.4, -0.2) is 15.6 Å². The molecule has 0 radical (unpaired) electrons. The quantitative estimate of drug-likeness (QED) is 0.796. The summed E-state index contributed by atoms with van der Waals surface area (Å²) in [4.78, 5) is 11.5. The van der Waals surface area contributed by atoms with Crippen molar-refractivity contribution in [2.24, 2.45) is 0 Å². The van der Waals surface area contributed by atoms with Gasteiger partial charge in [-0.3, -0.25) is 9.48 Å². The average molecular weight is 267 g/mol. The highest BCUT2D eigenvalue weighted by Crippen LogP contribution is 2.20. The van der Waals surface area contributed by atoms with Crippen LogP contribution in [-0.2, 0) is 6.54 Å². The molecule has 0 aliphatic rings. The van der Waals surface area contributed by atoms with Crippen molar-refractivity contribution < 1.29 is 9.18 Å². The van der Waals surface area contributed by atoms with Gasteiger partial charge < -0.3 is 0 Å². The zero-order valence-corrected chi connectivity index (χ0v) is 10.6. The van der Waals surface area contributed by atoms with E-state index >= 15 is 0 Å². The van der Waals surface area contributed by atoms with Gasteiger partial charge in [0.2, 0.25) is 0 Å². The Hall–Kier alpha value is -1.68. The van der Waals surface area contributed by atoms with Gasteiger partial charge in [-0.05, 0) is 11.6 Å². The minimum Gasteiger partial charge on any atom is -0.294 e. The van der Waals surface area contributed by atoms with Crippen molar-refractivity contribution in [2.75, 3.05) is 0 Å². The molecule has 0 atom stereocenters. The maximum atomic E-state index is 13.3. The first-order chi connectivity index (χ1) is 8.61. The van der Waals surface area contributed by atoms with Gasteiger partial charge in [-0.1, -0.05) is 30.7 Å². The Morgan fingerprint density at radius 1 is 1.50 bits per heavy atom. The molecule has 0 saturated carbocycles. The van der Waals surface area contributed by atoms with E-state index < -0.39 is 5.82 Å². The maximum Gasteiger partial charge on any atom is 0.165 e. The monoisotopic (exact) mass is 266 g/mol. The summed E-state index contributed by atoms with van der Waals surface area (Å²) in [7, 11) is 0. The van der Waals surface area contributed by atoms with Crippen molar-refractivity contribution >= 4 is 17.4 Å². The van der Waals surface area contributed by atoms with Gasteiger partial charge in [0.1, 0.15) is 5.82 Å². The van der Waals surface area contributed by atoms with E-state index in [-0.39, 0.29) is 10.8 Å². The Morgan fingerprint density at radius 2 is 2.28 bits per heavy atom. The molecule has 3 nitrogen and oxygen atoms in total. The number of halogens is 2. The van der Waals surface area contributed by atoms with Gasteiger partial charge in [-0.15, -0.1) is 0 Å². The Kier molecular flexibility index (Phi) is 3.77. The van der Waals surface area contributed by atoms with Crippen molar-refractivity contribution in [2.45, 2.75) is 19.9 Å². The molecule has 0 saturated heterocycles. The number of rotatable bonds is 4. The fraction of sp³-hybridized carbons (Fsp3) is 0.231. The Labute approximate surface area is 109 Å². The van der Waals surface area contributed by atoms with Crippen molar-refractivity contribution in [3.63, 3.8) is 0 Å². The summed E-state index contributed by atoms with van der Waals surface area (Å²) in [6.45, 7) is 2.14. The molecule has 1 heterocycles. The van der Waals surface area contributed by atoms with Crippen LogP contribution < -0.4 is 0 Å². The lowest BCUT2D eigenvalue weighted by Gasteiger charge is -2.04. The van der Waals surface area contributed by atoms with Crippen LogP contribution in [0, 0.1) is 5.82 Å². The van der Waals surface area contributed by atoms with Gasteiger partial charge in [0.15, 0.2) is 5.78 Å². The number of ketones is 1. The first-order valence-electron chi connectivity index (χ1n) is 5.60. The van der Waals surface area contributed by atoms with Crippen molar-refractivity contribution in [3.05, 3.63) is 52.6 Å². The number of Topliss-reactive ketones (excluding diaryl/α,β-unsaturated/α-hetero) is 1. The molecule has 0 N–H and O–H groups in total. The highest BCUT2D eigenvalue weighted by atomic mass is 35.5. The van der Waals surface area contributed by atoms with Crippen LogP contribution in [0.3, 0.4) is 0 Å². The molecule has 5 heteroatoms. The summed E-state index contributed by atoms with van der Waals surface area (Å²) < 4.78 is 14.8. The number of carbonyl (C=O) groups is 1. The van der Waals surface area contributed by atoms with Crippen LogP contribution in [0.5, 0.6) is 0 Å². The van der Waals surface area contributed by atoms with Gasteiger partial charge in [-0.2, -0.15) is 5.10 Å². The minimum atomic E-state index is -0.453.